The molecule has 13 heteroatoms. The first kappa shape index (κ1) is 35.1. The minimum absolute atomic E-state index is 0.173. The predicted molar refractivity (Wildman–Crippen MR) is 173 cm³/mol. The molecule has 2 saturated heterocycles. The standard InChI is InChI=1S/C32H43Cl2F3N6O2/c1-22(21-38)4-5-24-18-25(32(35,36)37)7-9-28(24)40-12-14-41(15-13-40)30(44)29(19-23-6-8-26(33)20-27(23)34)43-17-16-42(31(43)45)11-10-39(2)3/h6-9,18,20,22,29H,4-5,10-17,19,21,38H2,1-3H3. The Hall–Kier alpha value is -2.73. The summed E-state index contributed by atoms with van der Waals surface area (Å²) in [7, 11) is 3.89. The zero-order valence-corrected chi connectivity index (χ0v) is 27.6. The van der Waals surface area contributed by atoms with Gasteiger partial charge < -0.3 is 30.2 Å². The van der Waals surface area contributed by atoms with Crippen LogP contribution in [0.1, 0.15) is 30.0 Å². The summed E-state index contributed by atoms with van der Waals surface area (Å²) in [6.45, 7) is 6.31. The summed E-state index contributed by atoms with van der Waals surface area (Å²) in [6.07, 6.45) is -3.05. The third-order valence-electron chi connectivity index (χ3n) is 8.68. The van der Waals surface area contributed by atoms with Gasteiger partial charge in [-0.2, -0.15) is 13.2 Å². The van der Waals surface area contributed by atoms with E-state index in [9.17, 15) is 22.8 Å². The zero-order valence-electron chi connectivity index (χ0n) is 26.1. The highest BCUT2D eigenvalue weighted by atomic mass is 35.5. The van der Waals surface area contributed by atoms with Crippen LogP contribution < -0.4 is 10.6 Å². The molecule has 2 aromatic rings. The number of piperazine rings is 1. The largest absolute Gasteiger partial charge is 0.416 e. The van der Waals surface area contributed by atoms with Gasteiger partial charge >= 0.3 is 12.2 Å². The summed E-state index contributed by atoms with van der Waals surface area (Å²) >= 11 is 12.6. The van der Waals surface area contributed by atoms with Crippen molar-refractivity contribution in [2.75, 3.05) is 77.9 Å². The molecule has 2 atom stereocenters. The second kappa shape index (κ2) is 15.2. The highest BCUT2D eigenvalue weighted by molar-refractivity contribution is 6.35. The summed E-state index contributed by atoms with van der Waals surface area (Å²) in [5.41, 5.74) is 7.19. The highest BCUT2D eigenvalue weighted by Crippen LogP contribution is 2.34. The van der Waals surface area contributed by atoms with Crippen LogP contribution in [0, 0.1) is 5.92 Å². The van der Waals surface area contributed by atoms with Crippen LogP contribution in [-0.2, 0) is 23.8 Å². The summed E-state index contributed by atoms with van der Waals surface area (Å²) in [4.78, 5) is 36.8. The van der Waals surface area contributed by atoms with Crippen LogP contribution in [-0.4, -0.2) is 111 Å². The summed E-state index contributed by atoms with van der Waals surface area (Å²) in [5, 5.41) is 0.912. The molecule has 0 radical (unpaired) electrons. The minimum Gasteiger partial charge on any atom is -0.368 e. The van der Waals surface area contributed by atoms with Crippen LogP contribution in [0.2, 0.25) is 10.0 Å². The molecule has 2 aliphatic rings. The van der Waals surface area contributed by atoms with Crippen LogP contribution in [0.5, 0.6) is 0 Å². The molecule has 0 bridgehead atoms. The fraction of sp³-hybridized carbons (Fsp3) is 0.562. The smallest absolute Gasteiger partial charge is 0.368 e. The molecule has 0 saturated carbocycles. The van der Waals surface area contributed by atoms with E-state index in [2.05, 4.69) is 0 Å². The molecule has 3 amide bonds. The van der Waals surface area contributed by atoms with Gasteiger partial charge in [-0.1, -0.05) is 36.2 Å². The lowest BCUT2D eigenvalue weighted by atomic mass is 9.97. The topological polar surface area (TPSA) is 76.4 Å². The fourth-order valence-corrected chi connectivity index (χ4v) is 6.30. The van der Waals surface area contributed by atoms with Crippen LogP contribution >= 0.6 is 23.2 Å². The number of nitrogens with zero attached hydrogens (tertiary/aromatic N) is 5. The third kappa shape index (κ3) is 8.96. The van der Waals surface area contributed by atoms with Crippen molar-refractivity contribution in [3.8, 4) is 0 Å². The first-order valence-corrected chi connectivity index (χ1v) is 16.1. The van der Waals surface area contributed by atoms with Gasteiger partial charge in [0.2, 0.25) is 5.91 Å². The van der Waals surface area contributed by atoms with Crippen molar-refractivity contribution in [2.45, 2.75) is 38.4 Å². The number of carbonyl (C=O) groups is 2. The fourth-order valence-electron chi connectivity index (χ4n) is 5.81. The van der Waals surface area contributed by atoms with E-state index in [0.29, 0.717) is 87.4 Å². The number of anilines is 1. The summed E-state index contributed by atoms with van der Waals surface area (Å²) < 4.78 is 40.7. The van der Waals surface area contributed by atoms with Gasteiger partial charge in [0.1, 0.15) is 6.04 Å². The first-order chi connectivity index (χ1) is 21.3. The molecular formula is C32H43Cl2F3N6O2. The molecule has 45 heavy (non-hydrogen) atoms. The molecular weight excluding hydrogens is 628 g/mol. The van der Waals surface area contributed by atoms with E-state index in [4.69, 9.17) is 28.9 Å². The van der Waals surface area contributed by atoms with Crippen molar-refractivity contribution >= 4 is 40.8 Å². The number of amides is 3. The lowest BCUT2D eigenvalue weighted by molar-refractivity contribution is -0.138. The SMILES string of the molecule is CC(CN)CCc1cc(C(F)(F)F)ccc1N1CCN(C(=O)C(Cc2ccc(Cl)cc2Cl)N2CCN(CCN(C)C)C2=O)CC1. The van der Waals surface area contributed by atoms with E-state index in [1.165, 1.54) is 6.07 Å². The van der Waals surface area contributed by atoms with Gasteiger partial charge in [0, 0.05) is 74.5 Å². The average molecular weight is 672 g/mol. The maximum Gasteiger partial charge on any atom is 0.416 e. The Bertz CT molecular complexity index is 1340. The Labute approximate surface area is 273 Å². The van der Waals surface area contributed by atoms with E-state index in [0.717, 1.165) is 17.3 Å². The number of urea groups is 1. The van der Waals surface area contributed by atoms with Crippen molar-refractivity contribution in [1.82, 2.24) is 19.6 Å². The van der Waals surface area contributed by atoms with Gasteiger partial charge in [-0.3, -0.25) is 4.79 Å². The average Bonchev–Trinajstić information content (AvgIpc) is 3.37. The number of nitrogens with two attached hydrogens (primary N) is 1. The Balaban J connectivity index is 1.52. The number of halogens is 5. The van der Waals surface area contributed by atoms with Gasteiger partial charge in [-0.05, 0) is 80.9 Å². The van der Waals surface area contributed by atoms with Crippen LogP contribution in [0.15, 0.2) is 36.4 Å². The lowest BCUT2D eigenvalue weighted by Gasteiger charge is -2.40. The normalized spacial score (nSPS) is 17.4. The van der Waals surface area contributed by atoms with Crippen LogP contribution in [0.4, 0.5) is 23.7 Å². The maximum atomic E-state index is 14.1. The molecule has 2 fully saturated rings. The van der Waals surface area contributed by atoms with Crippen LogP contribution in [0.25, 0.3) is 0 Å². The molecule has 2 aliphatic heterocycles. The number of hydrogen-bond donors (Lipinski definition) is 1. The number of hydrogen-bond acceptors (Lipinski definition) is 5. The number of likely N-dealkylation sites (N-methyl/N-ethyl adjacent to an activating group) is 1. The first-order valence-electron chi connectivity index (χ1n) is 15.4. The molecule has 2 N–H and O–H groups in total. The van der Waals surface area contributed by atoms with Crippen molar-refractivity contribution in [3.05, 3.63) is 63.1 Å². The van der Waals surface area contributed by atoms with Crippen molar-refractivity contribution < 1.29 is 22.8 Å². The Morgan fingerprint density at radius 3 is 2.33 bits per heavy atom. The Morgan fingerprint density at radius 2 is 1.71 bits per heavy atom. The third-order valence-corrected chi connectivity index (χ3v) is 9.27. The summed E-state index contributed by atoms with van der Waals surface area (Å²) in [6, 6.07) is 8.09. The molecule has 4 rings (SSSR count). The Morgan fingerprint density at radius 1 is 1.00 bits per heavy atom. The van der Waals surface area contributed by atoms with E-state index < -0.39 is 17.8 Å². The lowest BCUT2D eigenvalue weighted by Crippen LogP contribution is -2.56. The summed E-state index contributed by atoms with van der Waals surface area (Å²) in [5.74, 6) is 0.00734. The molecule has 248 valence electrons. The van der Waals surface area contributed by atoms with Gasteiger partial charge in [-0.25, -0.2) is 4.79 Å². The maximum absolute atomic E-state index is 14.1. The van der Waals surface area contributed by atoms with Gasteiger partial charge in [0.05, 0.1) is 5.56 Å². The minimum atomic E-state index is -4.44. The molecule has 0 spiro atoms. The number of carbonyl (C=O) groups excluding carboxylic acids is 2. The number of alkyl halides is 3. The monoisotopic (exact) mass is 670 g/mol. The van der Waals surface area contributed by atoms with Gasteiger partial charge in [0.25, 0.3) is 0 Å². The van der Waals surface area contributed by atoms with Gasteiger partial charge in [0.15, 0.2) is 0 Å². The number of benzene rings is 2. The van der Waals surface area contributed by atoms with Gasteiger partial charge in [-0.15, -0.1) is 0 Å². The molecule has 2 unspecified atom stereocenters. The molecule has 0 aliphatic carbocycles. The highest BCUT2D eigenvalue weighted by Gasteiger charge is 2.40. The van der Waals surface area contributed by atoms with E-state index in [-0.39, 0.29) is 24.3 Å². The number of aryl methyl sites for hydroxylation is 1. The molecule has 2 heterocycles. The number of rotatable bonds is 12. The van der Waals surface area contributed by atoms with Crippen LogP contribution in [0.3, 0.4) is 0 Å². The second-order valence-corrected chi connectivity index (χ2v) is 13.1. The molecule has 0 aromatic heterocycles. The predicted octanol–water partition coefficient (Wildman–Crippen LogP) is 5.10. The van der Waals surface area contributed by atoms with E-state index in [1.807, 2.05) is 30.8 Å². The molecule has 8 nitrogen and oxygen atoms in total. The quantitative estimate of drug-likeness (QED) is 0.340. The van der Waals surface area contributed by atoms with E-state index >= 15 is 0 Å². The Kier molecular flexibility index (Phi) is 11.9. The van der Waals surface area contributed by atoms with Crippen molar-refractivity contribution in [1.29, 1.82) is 0 Å². The van der Waals surface area contributed by atoms with Crippen molar-refractivity contribution in [3.63, 3.8) is 0 Å². The second-order valence-electron chi connectivity index (χ2n) is 12.3. The van der Waals surface area contributed by atoms with E-state index in [1.54, 1.807) is 39.0 Å². The van der Waals surface area contributed by atoms with Crippen molar-refractivity contribution in [2.24, 2.45) is 11.7 Å². The zero-order chi connectivity index (χ0) is 32.9. The molecule has 2 aromatic carbocycles.